The van der Waals surface area contributed by atoms with E-state index in [1.165, 1.54) is 0 Å². The molecule has 14 heteroatoms. The number of hydrogen-bond acceptors (Lipinski definition) is 11. The fraction of sp³-hybridized carbons (Fsp3) is 0.824. The normalized spacial score (nSPS) is 14.6. The monoisotopic (exact) mass is 474 g/mol. The second-order valence-corrected chi connectivity index (χ2v) is 7.88. The highest BCUT2D eigenvalue weighted by molar-refractivity contribution is 7.47. The van der Waals surface area contributed by atoms with Gasteiger partial charge in [0.05, 0.1) is 19.8 Å². The van der Waals surface area contributed by atoms with Gasteiger partial charge in [-0.05, 0) is 20.5 Å². The lowest BCUT2D eigenvalue weighted by molar-refractivity contribution is -0.161. The number of esters is 2. The van der Waals surface area contributed by atoms with Gasteiger partial charge in [0.1, 0.15) is 12.6 Å². The minimum absolute atomic E-state index is 0.102. The number of likely N-dealkylation sites (N-methyl/N-ethyl adjacent to an activating group) is 1. The van der Waals surface area contributed by atoms with Gasteiger partial charge in [-0.1, -0.05) is 13.8 Å². The molecule has 0 amide bonds. The van der Waals surface area contributed by atoms with Gasteiger partial charge in [0, 0.05) is 19.4 Å². The summed E-state index contributed by atoms with van der Waals surface area (Å²) in [6.07, 6.45) is -0.383. The van der Waals surface area contributed by atoms with Crippen LogP contribution in [-0.4, -0.2) is 97.1 Å². The molecule has 0 aliphatic carbocycles. The van der Waals surface area contributed by atoms with Gasteiger partial charge in [0.2, 0.25) is 0 Å². The van der Waals surface area contributed by atoms with Crippen LogP contribution in [0.4, 0.5) is 0 Å². The SMILES string of the molecule is CCCC(=O)O[C@H](COC(=O)CC)COP(=O)(O)OC[C@H](N)C(=O)O.CN(C)CCO. The van der Waals surface area contributed by atoms with E-state index in [4.69, 9.17) is 25.4 Å². The van der Waals surface area contributed by atoms with Crippen LogP contribution in [0.2, 0.25) is 0 Å². The van der Waals surface area contributed by atoms with Crippen LogP contribution < -0.4 is 5.73 Å². The number of phosphoric acid groups is 1. The van der Waals surface area contributed by atoms with E-state index in [1.807, 2.05) is 19.0 Å². The first-order chi connectivity index (χ1) is 14.4. The maximum absolute atomic E-state index is 11.7. The predicted molar refractivity (Wildman–Crippen MR) is 109 cm³/mol. The Hall–Kier alpha value is -1.60. The van der Waals surface area contributed by atoms with Gasteiger partial charge in [-0.15, -0.1) is 0 Å². The number of aliphatic hydroxyl groups excluding tert-OH is 1. The molecule has 184 valence electrons. The smallest absolute Gasteiger partial charge is 0.472 e. The lowest BCUT2D eigenvalue weighted by Gasteiger charge is -2.20. The van der Waals surface area contributed by atoms with Crippen LogP contribution in [0, 0.1) is 0 Å². The van der Waals surface area contributed by atoms with Crippen molar-refractivity contribution in [2.24, 2.45) is 5.73 Å². The van der Waals surface area contributed by atoms with Crippen molar-refractivity contribution in [2.75, 3.05) is 47.1 Å². The molecule has 0 fully saturated rings. The fourth-order valence-electron chi connectivity index (χ4n) is 1.51. The molecule has 1 unspecified atom stereocenters. The summed E-state index contributed by atoms with van der Waals surface area (Å²) in [6.45, 7) is 2.63. The van der Waals surface area contributed by atoms with E-state index >= 15 is 0 Å². The van der Waals surface area contributed by atoms with E-state index < -0.39 is 51.1 Å². The highest BCUT2D eigenvalue weighted by Crippen LogP contribution is 2.43. The molecule has 13 nitrogen and oxygen atoms in total. The van der Waals surface area contributed by atoms with Crippen molar-refractivity contribution < 1.29 is 52.6 Å². The number of carbonyl (C=O) groups excluding carboxylic acids is 2. The van der Waals surface area contributed by atoms with Gasteiger partial charge < -0.3 is 35.2 Å². The summed E-state index contributed by atoms with van der Waals surface area (Å²) in [6, 6.07) is -1.51. The number of aliphatic carboxylic acids is 1. The summed E-state index contributed by atoms with van der Waals surface area (Å²) in [5.74, 6) is -2.56. The standard InChI is InChI=1S/C13H24NO10P.C4H11NO/c1-3-5-12(16)24-9(6-21-11(15)4-2)7-22-25(19,20)23-8-10(14)13(17)18;1-5(2)3-4-6/h9-10H,3-8,14H2,1-2H3,(H,17,18)(H,19,20);6H,3-4H2,1-2H3/t9-,10+;/m1./s1. The molecule has 0 aromatic heterocycles. The summed E-state index contributed by atoms with van der Waals surface area (Å²) < 4.78 is 30.6. The molecule has 0 rings (SSSR count). The molecule has 3 atom stereocenters. The van der Waals surface area contributed by atoms with Crippen molar-refractivity contribution in [1.82, 2.24) is 4.90 Å². The molecular weight excluding hydrogens is 439 g/mol. The first-order valence-electron chi connectivity index (χ1n) is 9.59. The van der Waals surface area contributed by atoms with Gasteiger partial charge in [-0.3, -0.25) is 23.4 Å². The molecule has 0 saturated carbocycles. The van der Waals surface area contributed by atoms with Gasteiger partial charge in [-0.25, -0.2) is 4.57 Å². The van der Waals surface area contributed by atoms with E-state index in [0.717, 1.165) is 6.54 Å². The van der Waals surface area contributed by atoms with E-state index in [1.54, 1.807) is 13.8 Å². The van der Waals surface area contributed by atoms with Crippen LogP contribution in [0.15, 0.2) is 0 Å². The highest BCUT2D eigenvalue weighted by Gasteiger charge is 2.27. The minimum Gasteiger partial charge on any atom is -0.480 e. The number of carboxylic acids is 1. The van der Waals surface area contributed by atoms with Crippen LogP contribution >= 0.6 is 7.82 Å². The highest BCUT2D eigenvalue weighted by atomic mass is 31.2. The number of ether oxygens (including phenoxy) is 2. The Balaban J connectivity index is 0. The third-order valence-electron chi connectivity index (χ3n) is 3.18. The molecule has 0 aliphatic rings. The lowest BCUT2D eigenvalue weighted by atomic mass is 10.3. The van der Waals surface area contributed by atoms with Crippen molar-refractivity contribution in [3.8, 4) is 0 Å². The van der Waals surface area contributed by atoms with Gasteiger partial charge in [0.25, 0.3) is 0 Å². The third kappa shape index (κ3) is 20.1. The second kappa shape index (κ2) is 18.0. The largest absolute Gasteiger partial charge is 0.480 e. The maximum atomic E-state index is 11.7. The molecule has 0 aliphatic heterocycles. The quantitative estimate of drug-likeness (QED) is 0.179. The molecule has 0 radical (unpaired) electrons. The number of phosphoric ester groups is 1. The lowest BCUT2D eigenvalue weighted by Crippen LogP contribution is -2.34. The summed E-state index contributed by atoms with van der Waals surface area (Å²) >= 11 is 0. The number of carboxylic acid groups (broad SMARTS) is 1. The first-order valence-corrected chi connectivity index (χ1v) is 11.1. The molecule has 0 heterocycles. The average molecular weight is 474 g/mol. The average Bonchev–Trinajstić information content (AvgIpc) is 2.68. The van der Waals surface area contributed by atoms with Crippen LogP contribution in [0.25, 0.3) is 0 Å². The first kappa shape index (κ1) is 31.6. The topological polar surface area (TPSA) is 195 Å². The number of rotatable bonds is 15. The van der Waals surface area contributed by atoms with Crippen molar-refractivity contribution in [3.05, 3.63) is 0 Å². The molecule has 5 N–H and O–H groups in total. The Morgan fingerprint density at radius 3 is 2.06 bits per heavy atom. The Bertz CT molecular complexity index is 574. The van der Waals surface area contributed by atoms with Crippen LogP contribution in [0.3, 0.4) is 0 Å². The Labute approximate surface area is 182 Å². The molecule has 0 saturated heterocycles. The Morgan fingerprint density at radius 2 is 1.65 bits per heavy atom. The third-order valence-corrected chi connectivity index (χ3v) is 4.13. The van der Waals surface area contributed by atoms with Gasteiger partial charge >= 0.3 is 25.7 Å². The molecule has 0 spiro atoms. The zero-order valence-electron chi connectivity index (χ0n) is 18.4. The number of nitrogens with two attached hydrogens (primary N) is 1. The molecule has 31 heavy (non-hydrogen) atoms. The van der Waals surface area contributed by atoms with Crippen LogP contribution in [0.1, 0.15) is 33.1 Å². The number of nitrogens with zero attached hydrogens (tertiary/aromatic N) is 1. The summed E-state index contributed by atoms with van der Waals surface area (Å²) in [5, 5.41) is 16.8. The van der Waals surface area contributed by atoms with Gasteiger partial charge in [-0.2, -0.15) is 0 Å². The van der Waals surface area contributed by atoms with E-state index in [-0.39, 0.29) is 26.1 Å². The van der Waals surface area contributed by atoms with Crippen molar-refractivity contribution in [2.45, 2.75) is 45.3 Å². The zero-order chi connectivity index (χ0) is 24.4. The predicted octanol–water partition coefficient (Wildman–Crippen LogP) is -0.263. The summed E-state index contributed by atoms with van der Waals surface area (Å²) in [5.41, 5.74) is 5.14. The summed E-state index contributed by atoms with van der Waals surface area (Å²) in [7, 11) is -0.775. The maximum Gasteiger partial charge on any atom is 0.472 e. The van der Waals surface area contributed by atoms with Gasteiger partial charge in [0.15, 0.2) is 6.10 Å². The molecular formula is C17H35N2O11P. The van der Waals surface area contributed by atoms with Crippen LogP contribution in [-0.2, 0) is 37.5 Å². The summed E-state index contributed by atoms with van der Waals surface area (Å²) in [4.78, 5) is 44.6. The number of aliphatic hydroxyl groups is 1. The molecule has 0 aromatic carbocycles. The van der Waals surface area contributed by atoms with E-state index in [2.05, 4.69) is 9.05 Å². The van der Waals surface area contributed by atoms with Crippen molar-refractivity contribution >= 4 is 25.7 Å². The van der Waals surface area contributed by atoms with Crippen molar-refractivity contribution in [3.63, 3.8) is 0 Å². The molecule has 0 aromatic rings. The van der Waals surface area contributed by atoms with E-state index in [0.29, 0.717) is 6.42 Å². The Morgan fingerprint density at radius 1 is 1.06 bits per heavy atom. The number of carbonyl (C=O) groups is 3. The fourth-order valence-corrected chi connectivity index (χ4v) is 2.29. The Kier molecular flexibility index (Phi) is 18.4. The van der Waals surface area contributed by atoms with Crippen molar-refractivity contribution in [1.29, 1.82) is 0 Å². The second-order valence-electron chi connectivity index (χ2n) is 6.43. The minimum atomic E-state index is -4.63. The van der Waals surface area contributed by atoms with Crippen LogP contribution in [0.5, 0.6) is 0 Å². The zero-order valence-corrected chi connectivity index (χ0v) is 19.3. The number of hydrogen-bond donors (Lipinski definition) is 4. The molecule has 0 bridgehead atoms. The van der Waals surface area contributed by atoms with E-state index in [9.17, 15) is 23.8 Å².